The third-order valence-corrected chi connectivity index (χ3v) is 4.99. The van der Waals surface area contributed by atoms with Gasteiger partial charge in [-0.15, -0.1) is 10.2 Å². The predicted octanol–water partition coefficient (Wildman–Crippen LogP) is 3.11. The van der Waals surface area contributed by atoms with Crippen LogP contribution >= 0.6 is 11.3 Å². The standard InChI is InChI=1S/C19H14N4O3S/c24-15-10-11-16(25)23(15)14-8-6-12(7-9-14)17(26)20-19-22-21-18(27-19)13-4-2-1-3-5-13/h1-9H,10-11H2,(H,20,22,26). The van der Waals surface area contributed by atoms with E-state index >= 15 is 0 Å². The lowest BCUT2D eigenvalue weighted by molar-refractivity contribution is -0.121. The van der Waals surface area contributed by atoms with Crippen molar-refractivity contribution < 1.29 is 14.4 Å². The number of hydrogen-bond donors (Lipinski definition) is 1. The van der Waals surface area contributed by atoms with Crippen molar-refractivity contribution in [3.05, 3.63) is 60.2 Å². The van der Waals surface area contributed by atoms with Crippen molar-refractivity contribution in [2.45, 2.75) is 12.8 Å². The van der Waals surface area contributed by atoms with Crippen molar-refractivity contribution in [3.63, 3.8) is 0 Å². The number of anilines is 2. The highest BCUT2D eigenvalue weighted by Crippen LogP contribution is 2.27. The van der Waals surface area contributed by atoms with Gasteiger partial charge in [-0.05, 0) is 24.3 Å². The SMILES string of the molecule is O=C(Nc1nnc(-c2ccccc2)s1)c1ccc(N2C(=O)CCC2=O)cc1. The predicted molar refractivity (Wildman–Crippen MR) is 101 cm³/mol. The zero-order chi connectivity index (χ0) is 18.8. The molecule has 1 N–H and O–H groups in total. The molecule has 3 amide bonds. The number of imide groups is 1. The molecule has 134 valence electrons. The molecule has 1 aliphatic heterocycles. The number of benzene rings is 2. The first kappa shape index (κ1) is 17.0. The van der Waals surface area contributed by atoms with Gasteiger partial charge in [-0.3, -0.25) is 24.6 Å². The van der Waals surface area contributed by atoms with Crippen LogP contribution in [-0.4, -0.2) is 27.9 Å². The van der Waals surface area contributed by atoms with Crippen molar-refractivity contribution in [1.29, 1.82) is 0 Å². The second-order valence-corrected chi connectivity index (χ2v) is 6.88. The summed E-state index contributed by atoms with van der Waals surface area (Å²) in [7, 11) is 0. The maximum atomic E-state index is 12.4. The molecule has 2 aromatic carbocycles. The number of amides is 3. The number of hydrogen-bond acceptors (Lipinski definition) is 6. The molecule has 8 heteroatoms. The molecule has 7 nitrogen and oxygen atoms in total. The monoisotopic (exact) mass is 378 g/mol. The van der Waals surface area contributed by atoms with Gasteiger partial charge in [0.2, 0.25) is 16.9 Å². The highest BCUT2D eigenvalue weighted by molar-refractivity contribution is 7.18. The Bertz CT molecular complexity index is 999. The summed E-state index contributed by atoms with van der Waals surface area (Å²) in [6.07, 6.45) is 0.448. The van der Waals surface area contributed by atoms with E-state index < -0.39 is 0 Å². The average Bonchev–Trinajstić information content (AvgIpc) is 3.29. The maximum absolute atomic E-state index is 12.4. The Balaban J connectivity index is 1.47. The number of nitrogens with zero attached hydrogens (tertiary/aromatic N) is 3. The second-order valence-electron chi connectivity index (χ2n) is 5.90. The molecule has 0 radical (unpaired) electrons. The minimum atomic E-state index is -0.337. The fraction of sp³-hybridized carbons (Fsp3) is 0.105. The van der Waals surface area contributed by atoms with Crippen LogP contribution in [0.25, 0.3) is 10.6 Å². The fourth-order valence-corrected chi connectivity index (χ4v) is 3.51. The molecule has 0 bridgehead atoms. The van der Waals surface area contributed by atoms with E-state index in [2.05, 4.69) is 15.5 Å². The molecule has 0 unspecified atom stereocenters. The number of nitrogens with one attached hydrogen (secondary N) is 1. The minimum Gasteiger partial charge on any atom is -0.296 e. The second kappa shape index (κ2) is 7.08. The minimum absolute atomic E-state index is 0.223. The Morgan fingerprint density at radius 1 is 0.926 bits per heavy atom. The van der Waals surface area contributed by atoms with Crippen LogP contribution in [0.1, 0.15) is 23.2 Å². The van der Waals surface area contributed by atoms with Gasteiger partial charge >= 0.3 is 0 Å². The maximum Gasteiger partial charge on any atom is 0.257 e. The van der Waals surface area contributed by atoms with Gasteiger partial charge in [-0.2, -0.15) is 0 Å². The number of carbonyl (C=O) groups is 3. The summed E-state index contributed by atoms with van der Waals surface area (Å²) in [6.45, 7) is 0. The van der Waals surface area contributed by atoms with Gasteiger partial charge in [-0.1, -0.05) is 41.7 Å². The largest absolute Gasteiger partial charge is 0.296 e. The van der Waals surface area contributed by atoms with Crippen LogP contribution in [-0.2, 0) is 9.59 Å². The summed E-state index contributed by atoms with van der Waals surface area (Å²) < 4.78 is 0. The van der Waals surface area contributed by atoms with Crippen molar-refractivity contribution in [1.82, 2.24) is 10.2 Å². The first-order valence-electron chi connectivity index (χ1n) is 8.28. The van der Waals surface area contributed by atoms with E-state index in [9.17, 15) is 14.4 Å². The van der Waals surface area contributed by atoms with Crippen molar-refractivity contribution in [2.24, 2.45) is 0 Å². The lowest BCUT2D eigenvalue weighted by Gasteiger charge is -2.13. The third kappa shape index (κ3) is 3.47. The molecule has 1 aliphatic rings. The van der Waals surface area contributed by atoms with Crippen LogP contribution in [0.2, 0.25) is 0 Å². The number of rotatable bonds is 4. The van der Waals surface area contributed by atoms with Gasteiger partial charge in [0.05, 0.1) is 5.69 Å². The summed E-state index contributed by atoms with van der Waals surface area (Å²) in [5, 5.41) is 11.9. The lowest BCUT2D eigenvalue weighted by Crippen LogP contribution is -2.28. The van der Waals surface area contributed by atoms with Crippen molar-refractivity contribution >= 4 is 39.9 Å². The van der Waals surface area contributed by atoms with Crippen LogP contribution in [0.15, 0.2) is 54.6 Å². The molecule has 0 atom stereocenters. The molecular weight excluding hydrogens is 364 g/mol. The zero-order valence-electron chi connectivity index (χ0n) is 14.1. The molecule has 0 aliphatic carbocycles. The Labute approximate surface area is 158 Å². The molecule has 1 aromatic heterocycles. The van der Waals surface area contributed by atoms with Gasteiger partial charge in [0.1, 0.15) is 5.01 Å². The van der Waals surface area contributed by atoms with Gasteiger partial charge in [0, 0.05) is 24.0 Å². The molecule has 0 spiro atoms. The Morgan fingerprint density at radius 3 is 2.26 bits per heavy atom. The molecule has 1 saturated heterocycles. The molecule has 4 rings (SSSR count). The van der Waals surface area contributed by atoms with Gasteiger partial charge < -0.3 is 0 Å². The molecule has 1 fully saturated rings. The molecule has 3 aromatic rings. The van der Waals surface area contributed by atoms with E-state index in [-0.39, 0.29) is 30.6 Å². The number of carbonyl (C=O) groups excluding carboxylic acids is 3. The Morgan fingerprint density at radius 2 is 1.59 bits per heavy atom. The van der Waals surface area contributed by atoms with E-state index in [4.69, 9.17) is 0 Å². The average molecular weight is 378 g/mol. The highest BCUT2D eigenvalue weighted by atomic mass is 32.1. The summed E-state index contributed by atoms with van der Waals surface area (Å²) in [5.41, 5.74) is 1.80. The van der Waals surface area contributed by atoms with Gasteiger partial charge in [0.15, 0.2) is 0 Å². The Hall–Kier alpha value is -3.39. The van der Waals surface area contributed by atoms with Crippen molar-refractivity contribution in [2.75, 3.05) is 10.2 Å². The van der Waals surface area contributed by atoms with E-state index in [0.29, 0.717) is 21.4 Å². The fourth-order valence-electron chi connectivity index (χ4n) is 2.77. The first-order valence-corrected chi connectivity index (χ1v) is 9.09. The summed E-state index contributed by atoms with van der Waals surface area (Å²) in [6, 6.07) is 15.9. The van der Waals surface area contributed by atoms with Gasteiger partial charge in [-0.25, -0.2) is 0 Å². The Kier molecular flexibility index (Phi) is 4.47. The van der Waals surface area contributed by atoms with Gasteiger partial charge in [0.25, 0.3) is 5.91 Å². The summed E-state index contributed by atoms with van der Waals surface area (Å²) in [4.78, 5) is 37.1. The highest BCUT2D eigenvalue weighted by Gasteiger charge is 2.30. The normalized spacial score (nSPS) is 13.9. The molecule has 2 heterocycles. The van der Waals surface area contributed by atoms with Crippen molar-refractivity contribution in [3.8, 4) is 10.6 Å². The van der Waals surface area contributed by atoms with Crippen LogP contribution in [0.3, 0.4) is 0 Å². The van der Waals surface area contributed by atoms with Crippen LogP contribution in [0.4, 0.5) is 10.8 Å². The van der Waals surface area contributed by atoms with E-state index in [1.54, 1.807) is 24.3 Å². The summed E-state index contributed by atoms with van der Waals surface area (Å²) in [5.74, 6) is -0.782. The lowest BCUT2D eigenvalue weighted by atomic mass is 10.2. The smallest absolute Gasteiger partial charge is 0.257 e. The van der Waals surface area contributed by atoms with E-state index in [1.165, 1.54) is 11.3 Å². The van der Waals surface area contributed by atoms with Crippen LogP contribution in [0, 0.1) is 0 Å². The molecule has 27 heavy (non-hydrogen) atoms. The first-order chi connectivity index (χ1) is 13.1. The topological polar surface area (TPSA) is 92.3 Å². The quantitative estimate of drug-likeness (QED) is 0.704. The van der Waals surface area contributed by atoms with Crippen LogP contribution in [0.5, 0.6) is 0 Å². The zero-order valence-corrected chi connectivity index (χ0v) is 14.9. The molecule has 0 saturated carbocycles. The van der Waals surface area contributed by atoms with Crippen LogP contribution < -0.4 is 10.2 Å². The summed E-state index contributed by atoms with van der Waals surface area (Å²) >= 11 is 1.28. The third-order valence-electron chi connectivity index (χ3n) is 4.11. The van der Waals surface area contributed by atoms with E-state index in [0.717, 1.165) is 10.5 Å². The van der Waals surface area contributed by atoms with E-state index in [1.807, 2.05) is 30.3 Å². The molecular formula is C19H14N4O3S. The number of aromatic nitrogens is 2.